The molecule has 1 N–H and O–H groups in total. The molecule has 0 atom stereocenters. The molecule has 16 heavy (non-hydrogen) atoms. The van der Waals surface area contributed by atoms with E-state index in [2.05, 4.69) is 21.1 Å². The highest BCUT2D eigenvalue weighted by Gasteiger charge is 2.10. The number of rotatable bonds is 5. The molecule has 0 amide bonds. The molecule has 88 valence electrons. The van der Waals surface area contributed by atoms with Gasteiger partial charge in [-0.1, -0.05) is 12.1 Å². The van der Waals surface area contributed by atoms with Crippen LogP contribution >= 0.6 is 15.9 Å². The number of nitrogens with zero attached hydrogens (tertiary/aromatic N) is 1. The topological polar surface area (TPSA) is 51.0 Å². The number of methoxy groups -OCH3 is 1. The van der Waals surface area contributed by atoms with Crippen molar-refractivity contribution >= 4 is 22.1 Å². The van der Waals surface area contributed by atoms with Gasteiger partial charge in [-0.3, -0.25) is 0 Å². The third kappa shape index (κ3) is 3.13. The summed E-state index contributed by atoms with van der Waals surface area (Å²) in [5.41, 5.74) is 0.732. The molecular weight excluding hydrogens is 274 g/mol. The summed E-state index contributed by atoms with van der Waals surface area (Å²) in [5, 5.41) is 11.4. The predicted octanol–water partition coefficient (Wildman–Crippen LogP) is 3.05. The van der Waals surface area contributed by atoms with E-state index < -0.39 is 0 Å². The zero-order chi connectivity index (χ0) is 12.0. The molecule has 5 heteroatoms. The first kappa shape index (κ1) is 12.8. The molecule has 0 saturated heterocycles. The number of halogens is 1. The van der Waals surface area contributed by atoms with Gasteiger partial charge < -0.3 is 14.7 Å². The average Bonchev–Trinajstić information content (AvgIpc) is 2.27. The minimum Gasteiger partial charge on any atom is -0.493 e. The van der Waals surface area contributed by atoms with Crippen LogP contribution in [0.25, 0.3) is 0 Å². The van der Waals surface area contributed by atoms with E-state index in [-0.39, 0.29) is 0 Å². The molecule has 0 saturated carbocycles. The van der Waals surface area contributed by atoms with E-state index in [1.807, 2.05) is 6.92 Å². The van der Waals surface area contributed by atoms with Crippen LogP contribution in [-0.4, -0.2) is 25.1 Å². The van der Waals surface area contributed by atoms with Crippen LogP contribution in [0.3, 0.4) is 0 Å². The third-order valence-electron chi connectivity index (χ3n) is 1.91. The summed E-state index contributed by atoms with van der Waals surface area (Å²) >= 11 is 3.39. The molecule has 0 aliphatic heterocycles. The molecule has 0 bridgehead atoms. The number of hydrogen-bond acceptors (Lipinski definition) is 4. The maximum absolute atomic E-state index is 8.47. The summed E-state index contributed by atoms with van der Waals surface area (Å²) in [6, 6.07) is 3.54. The molecule has 1 aromatic carbocycles. The number of oxime groups is 1. The van der Waals surface area contributed by atoms with Crippen LogP contribution in [0.5, 0.6) is 11.5 Å². The van der Waals surface area contributed by atoms with Crippen molar-refractivity contribution in [1.29, 1.82) is 0 Å². The Morgan fingerprint density at radius 3 is 2.81 bits per heavy atom. The number of hydrogen-bond donors (Lipinski definition) is 1. The fourth-order valence-electron chi connectivity index (χ4n) is 1.23. The highest BCUT2D eigenvalue weighted by atomic mass is 79.9. The largest absolute Gasteiger partial charge is 0.493 e. The Kier molecular flexibility index (Phi) is 5.11. The molecule has 0 aliphatic rings. The lowest BCUT2D eigenvalue weighted by Gasteiger charge is -2.12. The Morgan fingerprint density at radius 2 is 2.25 bits per heavy atom. The second-order valence-corrected chi connectivity index (χ2v) is 3.98. The van der Waals surface area contributed by atoms with E-state index in [9.17, 15) is 0 Å². The van der Waals surface area contributed by atoms with E-state index >= 15 is 0 Å². The smallest absolute Gasteiger partial charge is 0.175 e. The Labute approximate surface area is 103 Å². The first-order chi connectivity index (χ1) is 7.72. The van der Waals surface area contributed by atoms with Crippen molar-refractivity contribution in [3.05, 3.63) is 22.2 Å². The zero-order valence-corrected chi connectivity index (χ0v) is 10.8. The van der Waals surface area contributed by atoms with Gasteiger partial charge in [-0.15, -0.1) is 0 Å². The lowest BCUT2D eigenvalue weighted by atomic mass is 10.2. The monoisotopic (exact) mass is 287 g/mol. The van der Waals surface area contributed by atoms with Crippen molar-refractivity contribution in [3.63, 3.8) is 0 Å². The summed E-state index contributed by atoms with van der Waals surface area (Å²) in [7, 11) is 1.57. The van der Waals surface area contributed by atoms with Crippen molar-refractivity contribution in [3.8, 4) is 11.5 Å². The van der Waals surface area contributed by atoms with Gasteiger partial charge in [0.15, 0.2) is 11.5 Å². The van der Waals surface area contributed by atoms with Crippen LogP contribution in [-0.2, 0) is 0 Å². The Bertz CT molecular complexity index is 380. The van der Waals surface area contributed by atoms with Gasteiger partial charge in [0.25, 0.3) is 0 Å². The van der Waals surface area contributed by atoms with E-state index in [1.54, 1.807) is 19.2 Å². The maximum atomic E-state index is 8.47. The van der Waals surface area contributed by atoms with E-state index in [4.69, 9.17) is 14.7 Å². The molecule has 4 nitrogen and oxygen atoms in total. The van der Waals surface area contributed by atoms with E-state index in [0.717, 1.165) is 16.5 Å². The van der Waals surface area contributed by atoms with Crippen LogP contribution in [0.1, 0.15) is 18.9 Å². The van der Waals surface area contributed by atoms with E-state index in [0.29, 0.717) is 18.1 Å². The van der Waals surface area contributed by atoms with Gasteiger partial charge in [-0.05, 0) is 34.5 Å². The predicted molar refractivity (Wildman–Crippen MR) is 65.9 cm³/mol. The summed E-state index contributed by atoms with van der Waals surface area (Å²) in [4.78, 5) is 0. The SMILES string of the molecule is CCCOc1c(Br)cc(/C=N/O)cc1OC. The summed E-state index contributed by atoms with van der Waals surface area (Å²) in [5.74, 6) is 1.28. The van der Waals surface area contributed by atoms with Crippen molar-refractivity contribution in [2.75, 3.05) is 13.7 Å². The van der Waals surface area contributed by atoms with Crippen molar-refractivity contribution in [1.82, 2.24) is 0 Å². The van der Waals surface area contributed by atoms with Gasteiger partial charge in [0.1, 0.15) is 0 Å². The molecule has 0 spiro atoms. The summed E-state index contributed by atoms with van der Waals surface area (Å²) in [6.07, 6.45) is 2.26. The molecule has 1 aromatic rings. The molecule has 0 radical (unpaired) electrons. The summed E-state index contributed by atoms with van der Waals surface area (Å²) in [6.45, 7) is 2.66. The minimum absolute atomic E-state index is 0.609. The highest BCUT2D eigenvalue weighted by molar-refractivity contribution is 9.10. The number of ether oxygens (including phenoxy) is 2. The van der Waals surface area contributed by atoms with Gasteiger partial charge in [0.2, 0.25) is 0 Å². The van der Waals surface area contributed by atoms with Gasteiger partial charge in [-0.25, -0.2) is 0 Å². The quantitative estimate of drug-likeness (QED) is 0.514. The van der Waals surface area contributed by atoms with Gasteiger partial charge in [0, 0.05) is 5.56 Å². The maximum Gasteiger partial charge on any atom is 0.175 e. The molecular formula is C11H14BrNO3. The zero-order valence-electron chi connectivity index (χ0n) is 9.24. The number of benzene rings is 1. The molecule has 0 aliphatic carbocycles. The average molecular weight is 288 g/mol. The first-order valence-corrected chi connectivity index (χ1v) is 5.70. The molecule has 0 fully saturated rings. The molecule has 0 aromatic heterocycles. The standard InChI is InChI=1S/C11H14BrNO3/c1-3-4-16-11-9(12)5-8(7-13-14)6-10(11)15-2/h5-7,14H,3-4H2,1-2H3/b13-7+. The normalized spacial score (nSPS) is 10.7. The highest BCUT2D eigenvalue weighted by Crippen LogP contribution is 2.36. The third-order valence-corrected chi connectivity index (χ3v) is 2.50. The van der Waals surface area contributed by atoms with Crippen LogP contribution in [0, 0.1) is 0 Å². The van der Waals surface area contributed by atoms with Gasteiger partial charge in [0.05, 0.1) is 24.4 Å². The van der Waals surface area contributed by atoms with E-state index in [1.165, 1.54) is 6.21 Å². The van der Waals surface area contributed by atoms with Crippen LogP contribution in [0.4, 0.5) is 0 Å². The molecule has 0 unspecified atom stereocenters. The fourth-order valence-corrected chi connectivity index (χ4v) is 1.80. The Morgan fingerprint density at radius 1 is 1.50 bits per heavy atom. The molecule has 0 heterocycles. The Balaban J connectivity index is 3.07. The van der Waals surface area contributed by atoms with Crippen molar-refractivity contribution in [2.24, 2.45) is 5.16 Å². The van der Waals surface area contributed by atoms with Gasteiger partial charge in [-0.2, -0.15) is 0 Å². The Hall–Kier alpha value is -1.23. The second-order valence-electron chi connectivity index (χ2n) is 3.13. The fraction of sp³-hybridized carbons (Fsp3) is 0.364. The lowest BCUT2D eigenvalue weighted by molar-refractivity contribution is 0.292. The van der Waals surface area contributed by atoms with Crippen LogP contribution in [0.15, 0.2) is 21.8 Å². The lowest BCUT2D eigenvalue weighted by Crippen LogP contribution is -1.99. The molecule has 1 rings (SSSR count). The second kappa shape index (κ2) is 6.37. The van der Waals surface area contributed by atoms with Crippen molar-refractivity contribution < 1.29 is 14.7 Å². The van der Waals surface area contributed by atoms with Crippen LogP contribution in [0.2, 0.25) is 0 Å². The van der Waals surface area contributed by atoms with Crippen LogP contribution < -0.4 is 9.47 Å². The summed E-state index contributed by atoms with van der Waals surface area (Å²) < 4.78 is 11.5. The van der Waals surface area contributed by atoms with Crippen molar-refractivity contribution in [2.45, 2.75) is 13.3 Å². The van der Waals surface area contributed by atoms with Gasteiger partial charge >= 0.3 is 0 Å². The minimum atomic E-state index is 0.609. The first-order valence-electron chi connectivity index (χ1n) is 4.90.